The largest absolute Gasteiger partial charge is 0.385 e. The fourth-order valence-electron chi connectivity index (χ4n) is 5.00. The fourth-order valence-corrected chi connectivity index (χ4v) is 5.70. The Hall–Kier alpha value is -2.59. The Balaban J connectivity index is 1.68. The first-order chi connectivity index (χ1) is 15.8. The summed E-state index contributed by atoms with van der Waals surface area (Å²) >= 11 is 2.49. The van der Waals surface area contributed by atoms with Crippen molar-refractivity contribution in [1.29, 1.82) is 0 Å². The van der Waals surface area contributed by atoms with Gasteiger partial charge in [0.1, 0.15) is 0 Å². The number of hydrogen-bond acceptors (Lipinski definition) is 1. The number of nitrogens with one attached hydrogen (secondary N) is 1. The molecule has 1 atom stereocenters. The Morgan fingerprint density at radius 3 is 2.06 bits per heavy atom. The minimum atomic E-state index is 0.249. The molecule has 0 bridgehead atoms. The molecule has 4 aromatic rings. The average molecular weight is 529 g/mol. The minimum absolute atomic E-state index is 0.249. The highest BCUT2D eigenvalue weighted by Crippen LogP contribution is 2.52. The summed E-state index contributed by atoms with van der Waals surface area (Å²) < 4.78 is 1.32. The van der Waals surface area contributed by atoms with Crippen molar-refractivity contribution in [3.63, 3.8) is 0 Å². The molecule has 32 heavy (non-hydrogen) atoms. The number of rotatable bonds is 7. The molecule has 4 aromatic carbocycles. The molecule has 1 unspecified atom stereocenters. The van der Waals surface area contributed by atoms with Crippen molar-refractivity contribution in [3.05, 3.63) is 111 Å². The maximum atomic E-state index is 3.72. The van der Waals surface area contributed by atoms with E-state index in [0.717, 1.165) is 6.54 Å². The van der Waals surface area contributed by atoms with Gasteiger partial charge in [-0.05, 0) is 74.5 Å². The van der Waals surface area contributed by atoms with Gasteiger partial charge in [0.25, 0.3) is 0 Å². The van der Waals surface area contributed by atoms with Gasteiger partial charge in [0, 0.05) is 27.3 Å². The third-order valence-electron chi connectivity index (χ3n) is 6.49. The van der Waals surface area contributed by atoms with Gasteiger partial charge in [-0.2, -0.15) is 0 Å². The highest BCUT2D eigenvalue weighted by Gasteiger charge is 2.33. The summed E-state index contributed by atoms with van der Waals surface area (Å²) in [7, 11) is 0. The standard InChI is InChI=1S/C30H28IN/c1-2-3-10-20-32-28-19-9-7-13-22(28)25-17-11-16-24-21-12-4-5-14-23(21)30(29(24)25)26-15-6-8-18-27(26)31/h4-9,11-19,30,32H,2-3,10,20H2,1H3. The zero-order chi connectivity index (χ0) is 21.9. The number of hydrogen-bond donors (Lipinski definition) is 1. The van der Waals surface area contributed by atoms with Crippen LogP contribution in [0.4, 0.5) is 5.69 Å². The van der Waals surface area contributed by atoms with E-state index in [1.165, 1.54) is 67.5 Å². The van der Waals surface area contributed by atoms with E-state index in [1.54, 1.807) is 0 Å². The third kappa shape index (κ3) is 3.86. The smallest absolute Gasteiger partial charge is 0.0419 e. The predicted molar refractivity (Wildman–Crippen MR) is 145 cm³/mol. The van der Waals surface area contributed by atoms with Gasteiger partial charge in [0.05, 0.1) is 0 Å². The second kappa shape index (κ2) is 9.50. The van der Waals surface area contributed by atoms with E-state index >= 15 is 0 Å². The Bertz CT molecular complexity index is 1240. The Morgan fingerprint density at radius 1 is 0.656 bits per heavy atom. The summed E-state index contributed by atoms with van der Waals surface area (Å²) in [6, 6.07) is 33.4. The number of halogens is 1. The van der Waals surface area contributed by atoms with Crippen LogP contribution in [-0.2, 0) is 0 Å². The van der Waals surface area contributed by atoms with Gasteiger partial charge in [-0.3, -0.25) is 0 Å². The van der Waals surface area contributed by atoms with Gasteiger partial charge in [-0.15, -0.1) is 0 Å². The van der Waals surface area contributed by atoms with Crippen molar-refractivity contribution in [2.45, 2.75) is 32.1 Å². The molecular weight excluding hydrogens is 501 g/mol. The van der Waals surface area contributed by atoms with E-state index < -0.39 is 0 Å². The fraction of sp³-hybridized carbons (Fsp3) is 0.200. The number of anilines is 1. The molecule has 2 heteroatoms. The third-order valence-corrected chi connectivity index (χ3v) is 7.47. The number of unbranched alkanes of at least 4 members (excludes halogenated alkanes) is 2. The molecule has 160 valence electrons. The van der Waals surface area contributed by atoms with Gasteiger partial charge in [-0.25, -0.2) is 0 Å². The average Bonchev–Trinajstić information content (AvgIpc) is 3.17. The Kier molecular flexibility index (Phi) is 6.31. The lowest BCUT2D eigenvalue weighted by Crippen LogP contribution is -2.06. The number of para-hydroxylation sites is 1. The van der Waals surface area contributed by atoms with Crippen LogP contribution in [0, 0.1) is 3.57 Å². The van der Waals surface area contributed by atoms with Gasteiger partial charge in [-0.1, -0.05) is 98.6 Å². The molecule has 1 aliphatic carbocycles. The molecule has 0 heterocycles. The van der Waals surface area contributed by atoms with Crippen LogP contribution < -0.4 is 5.32 Å². The van der Waals surface area contributed by atoms with Crippen molar-refractivity contribution < 1.29 is 0 Å². The monoisotopic (exact) mass is 529 g/mol. The SMILES string of the molecule is CCCCCNc1ccccc1-c1cccc2c1C(c1ccccc1I)c1ccccc1-2. The quantitative estimate of drug-likeness (QED) is 0.164. The molecule has 0 aliphatic heterocycles. The van der Waals surface area contributed by atoms with E-state index in [2.05, 4.69) is 126 Å². The maximum Gasteiger partial charge on any atom is 0.0419 e. The van der Waals surface area contributed by atoms with Crippen molar-refractivity contribution in [2.24, 2.45) is 0 Å². The van der Waals surface area contributed by atoms with Crippen molar-refractivity contribution in [3.8, 4) is 22.3 Å². The molecule has 0 aromatic heterocycles. The predicted octanol–water partition coefficient (Wildman–Crippen LogP) is 8.72. The minimum Gasteiger partial charge on any atom is -0.385 e. The normalized spacial score (nSPS) is 14.1. The van der Waals surface area contributed by atoms with Crippen LogP contribution in [0.2, 0.25) is 0 Å². The van der Waals surface area contributed by atoms with E-state index in [4.69, 9.17) is 0 Å². The van der Waals surface area contributed by atoms with Crippen LogP contribution in [-0.4, -0.2) is 6.54 Å². The topological polar surface area (TPSA) is 12.0 Å². The highest BCUT2D eigenvalue weighted by atomic mass is 127. The van der Waals surface area contributed by atoms with Crippen LogP contribution in [0.3, 0.4) is 0 Å². The molecule has 1 N–H and O–H groups in total. The summed E-state index contributed by atoms with van der Waals surface area (Å²) in [4.78, 5) is 0. The molecule has 5 rings (SSSR count). The second-order valence-electron chi connectivity index (χ2n) is 8.49. The molecular formula is C30H28IN. The van der Waals surface area contributed by atoms with Crippen molar-refractivity contribution >= 4 is 28.3 Å². The summed E-state index contributed by atoms with van der Waals surface area (Å²) in [6.07, 6.45) is 3.71. The van der Waals surface area contributed by atoms with Crippen LogP contribution in [0.1, 0.15) is 48.8 Å². The van der Waals surface area contributed by atoms with Crippen LogP contribution in [0.5, 0.6) is 0 Å². The van der Waals surface area contributed by atoms with Gasteiger partial charge in [0.15, 0.2) is 0 Å². The van der Waals surface area contributed by atoms with Gasteiger partial charge in [0.2, 0.25) is 0 Å². The van der Waals surface area contributed by atoms with Crippen LogP contribution in [0.15, 0.2) is 91.0 Å². The Labute approximate surface area is 205 Å². The highest BCUT2D eigenvalue weighted by molar-refractivity contribution is 14.1. The van der Waals surface area contributed by atoms with E-state index in [9.17, 15) is 0 Å². The molecule has 0 radical (unpaired) electrons. The molecule has 1 aliphatic rings. The lowest BCUT2D eigenvalue weighted by atomic mass is 9.84. The lowest BCUT2D eigenvalue weighted by molar-refractivity contribution is 0.744. The first kappa shape index (κ1) is 21.3. The maximum absolute atomic E-state index is 3.72. The van der Waals surface area contributed by atoms with E-state index in [0.29, 0.717) is 0 Å². The first-order valence-electron chi connectivity index (χ1n) is 11.6. The van der Waals surface area contributed by atoms with E-state index in [1.807, 2.05) is 0 Å². The number of benzene rings is 4. The number of fused-ring (bicyclic) bond motifs is 3. The summed E-state index contributed by atoms with van der Waals surface area (Å²) in [5, 5.41) is 3.72. The van der Waals surface area contributed by atoms with Crippen molar-refractivity contribution in [2.75, 3.05) is 11.9 Å². The van der Waals surface area contributed by atoms with E-state index in [-0.39, 0.29) is 5.92 Å². The van der Waals surface area contributed by atoms with Crippen molar-refractivity contribution in [1.82, 2.24) is 0 Å². The van der Waals surface area contributed by atoms with Crippen LogP contribution in [0.25, 0.3) is 22.3 Å². The molecule has 1 nitrogen and oxygen atoms in total. The first-order valence-corrected chi connectivity index (χ1v) is 12.7. The van der Waals surface area contributed by atoms with Gasteiger partial charge >= 0.3 is 0 Å². The zero-order valence-corrected chi connectivity index (χ0v) is 20.6. The molecule has 0 fully saturated rings. The zero-order valence-electron chi connectivity index (χ0n) is 18.4. The molecule has 0 saturated heterocycles. The Morgan fingerprint density at radius 2 is 1.28 bits per heavy atom. The summed E-state index contributed by atoms with van der Waals surface area (Å²) in [5.74, 6) is 0.249. The second-order valence-corrected chi connectivity index (χ2v) is 9.65. The molecule has 0 spiro atoms. The molecule has 0 saturated carbocycles. The van der Waals surface area contributed by atoms with Gasteiger partial charge < -0.3 is 5.32 Å². The summed E-state index contributed by atoms with van der Waals surface area (Å²) in [6.45, 7) is 3.27. The van der Waals surface area contributed by atoms with Crippen LogP contribution >= 0.6 is 22.6 Å². The summed E-state index contributed by atoms with van der Waals surface area (Å²) in [5.41, 5.74) is 10.8. The molecule has 0 amide bonds. The lowest BCUT2D eigenvalue weighted by Gasteiger charge is -2.21.